The van der Waals surface area contributed by atoms with Crippen molar-refractivity contribution in [1.29, 1.82) is 0 Å². The number of aryl methyl sites for hydroxylation is 2. The molecule has 0 fully saturated rings. The normalized spacial score (nSPS) is 10.4. The number of alkyl halides is 1. The van der Waals surface area contributed by atoms with Crippen molar-refractivity contribution in [3.05, 3.63) is 23.0 Å². The molecule has 0 unspecified atom stereocenters. The van der Waals surface area contributed by atoms with E-state index in [4.69, 9.17) is 0 Å². The SMILES string of the molecule is CCc1nnc(C)cc1C(=O)NCCCCCI. The molecule has 100 valence electrons. The van der Waals surface area contributed by atoms with Gasteiger partial charge in [0.2, 0.25) is 0 Å². The summed E-state index contributed by atoms with van der Waals surface area (Å²) in [6.07, 6.45) is 4.14. The topological polar surface area (TPSA) is 54.9 Å². The fourth-order valence-corrected chi connectivity index (χ4v) is 2.20. The molecule has 1 aromatic heterocycles. The van der Waals surface area contributed by atoms with Crippen molar-refractivity contribution in [3.63, 3.8) is 0 Å². The Kier molecular flexibility index (Phi) is 7.15. The summed E-state index contributed by atoms with van der Waals surface area (Å²) < 4.78 is 1.18. The van der Waals surface area contributed by atoms with Gasteiger partial charge in [0.05, 0.1) is 17.0 Å². The van der Waals surface area contributed by atoms with E-state index in [1.807, 2.05) is 19.9 Å². The molecule has 5 heteroatoms. The summed E-state index contributed by atoms with van der Waals surface area (Å²) in [6.45, 7) is 4.57. The van der Waals surface area contributed by atoms with Gasteiger partial charge in [0.25, 0.3) is 5.91 Å². The van der Waals surface area contributed by atoms with Gasteiger partial charge in [-0.15, -0.1) is 0 Å². The predicted octanol–water partition coefficient (Wildman–Crippen LogP) is 2.68. The Bertz CT molecular complexity index is 396. The van der Waals surface area contributed by atoms with E-state index >= 15 is 0 Å². The Hall–Kier alpha value is -0.720. The van der Waals surface area contributed by atoms with E-state index in [9.17, 15) is 4.79 Å². The zero-order valence-corrected chi connectivity index (χ0v) is 13.2. The first-order valence-electron chi connectivity index (χ1n) is 6.36. The molecule has 0 aliphatic heterocycles. The van der Waals surface area contributed by atoms with Crippen LogP contribution >= 0.6 is 22.6 Å². The molecular formula is C13H20IN3O. The summed E-state index contributed by atoms with van der Waals surface area (Å²) in [6, 6.07) is 1.81. The van der Waals surface area contributed by atoms with Crippen LogP contribution in [0.1, 0.15) is 47.9 Å². The summed E-state index contributed by atoms with van der Waals surface area (Å²) in [5.41, 5.74) is 2.21. The minimum absolute atomic E-state index is 0.0284. The molecule has 0 aliphatic carbocycles. The highest BCUT2D eigenvalue weighted by molar-refractivity contribution is 14.1. The van der Waals surface area contributed by atoms with Crippen LogP contribution in [0.3, 0.4) is 0 Å². The Balaban J connectivity index is 2.52. The molecule has 0 saturated heterocycles. The van der Waals surface area contributed by atoms with Gasteiger partial charge in [0.15, 0.2) is 0 Å². The number of nitrogens with zero attached hydrogens (tertiary/aromatic N) is 2. The zero-order chi connectivity index (χ0) is 13.4. The van der Waals surface area contributed by atoms with Crippen LogP contribution in [-0.2, 0) is 6.42 Å². The van der Waals surface area contributed by atoms with Gasteiger partial charge >= 0.3 is 0 Å². The maximum absolute atomic E-state index is 12.0. The third-order valence-corrected chi connectivity index (χ3v) is 3.43. The van der Waals surface area contributed by atoms with Gasteiger partial charge in [-0.3, -0.25) is 4.79 Å². The smallest absolute Gasteiger partial charge is 0.253 e. The van der Waals surface area contributed by atoms with Crippen LogP contribution in [0, 0.1) is 6.92 Å². The molecule has 0 bridgehead atoms. The van der Waals surface area contributed by atoms with Crippen molar-refractivity contribution in [2.75, 3.05) is 11.0 Å². The van der Waals surface area contributed by atoms with E-state index in [1.54, 1.807) is 0 Å². The monoisotopic (exact) mass is 361 g/mol. The molecule has 0 spiro atoms. The van der Waals surface area contributed by atoms with Gasteiger partial charge in [-0.1, -0.05) is 35.9 Å². The molecule has 0 atom stereocenters. The highest BCUT2D eigenvalue weighted by Gasteiger charge is 2.11. The number of carbonyl (C=O) groups is 1. The van der Waals surface area contributed by atoms with E-state index < -0.39 is 0 Å². The maximum atomic E-state index is 12.0. The lowest BCUT2D eigenvalue weighted by atomic mass is 10.1. The minimum atomic E-state index is -0.0284. The van der Waals surface area contributed by atoms with Crippen molar-refractivity contribution >= 4 is 28.5 Å². The van der Waals surface area contributed by atoms with Crippen molar-refractivity contribution in [2.45, 2.75) is 39.5 Å². The van der Waals surface area contributed by atoms with Gasteiger partial charge in [-0.05, 0) is 36.7 Å². The lowest BCUT2D eigenvalue weighted by Crippen LogP contribution is -2.26. The predicted molar refractivity (Wildman–Crippen MR) is 81.2 cm³/mol. The molecule has 0 aromatic carbocycles. The first kappa shape index (κ1) is 15.3. The highest BCUT2D eigenvalue weighted by atomic mass is 127. The Labute approximate surface area is 122 Å². The maximum Gasteiger partial charge on any atom is 0.253 e. The van der Waals surface area contributed by atoms with E-state index in [2.05, 4.69) is 38.1 Å². The lowest BCUT2D eigenvalue weighted by molar-refractivity contribution is 0.0951. The summed E-state index contributed by atoms with van der Waals surface area (Å²) in [7, 11) is 0. The number of carbonyl (C=O) groups excluding carboxylic acids is 1. The Morgan fingerprint density at radius 2 is 2.11 bits per heavy atom. The van der Waals surface area contributed by atoms with Crippen LogP contribution in [0.15, 0.2) is 6.07 Å². The van der Waals surface area contributed by atoms with Crippen LogP contribution in [0.2, 0.25) is 0 Å². The van der Waals surface area contributed by atoms with E-state index in [1.165, 1.54) is 10.8 Å². The van der Waals surface area contributed by atoms with Crippen LogP contribution in [-0.4, -0.2) is 27.1 Å². The Morgan fingerprint density at radius 1 is 1.33 bits per heavy atom. The van der Waals surface area contributed by atoms with Crippen molar-refractivity contribution in [1.82, 2.24) is 15.5 Å². The number of halogens is 1. The van der Waals surface area contributed by atoms with Crippen LogP contribution < -0.4 is 5.32 Å². The summed E-state index contributed by atoms with van der Waals surface area (Å²) in [5.74, 6) is -0.0284. The minimum Gasteiger partial charge on any atom is -0.352 e. The molecule has 1 amide bonds. The van der Waals surface area contributed by atoms with Crippen LogP contribution in [0.5, 0.6) is 0 Å². The zero-order valence-electron chi connectivity index (χ0n) is 11.0. The molecule has 1 aromatic rings. The molecule has 1 heterocycles. The summed E-state index contributed by atoms with van der Waals surface area (Å²) in [5, 5.41) is 11.0. The first-order chi connectivity index (χ1) is 8.69. The molecule has 18 heavy (non-hydrogen) atoms. The number of nitrogens with one attached hydrogen (secondary N) is 1. The van der Waals surface area contributed by atoms with Gasteiger partial charge in [-0.25, -0.2) is 0 Å². The number of hydrogen-bond donors (Lipinski definition) is 1. The Morgan fingerprint density at radius 3 is 2.78 bits per heavy atom. The second-order valence-electron chi connectivity index (χ2n) is 4.21. The van der Waals surface area contributed by atoms with Crippen molar-refractivity contribution in [2.24, 2.45) is 0 Å². The lowest BCUT2D eigenvalue weighted by Gasteiger charge is -2.08. The fourth-order valence-electron chi connectivity index (χ4n) is 1.67. The molecule has 1 rings (SSSR count). The molecule has 4 nitrogen and oxygen atoms in total. The van der Waals surface area contributed by atoms with Gasteiger partial charge in [-0.2, -0.15) is 10.2 Å². The number of rotatable bonds is 7. The number of unbranched alkanes of at least 4 members (excludes halogenated alkanes) is 2. The van der Waals surface area contributed by atoms with E-state index in [0.717, 1.165) is 37.2 Å². The number of amides is 1. The first-order valence-corrected chi connectivity index (χ1v) is 7.89. The third kappa shape index (κ3) is 4.88. The molecule has 1 N–H and O–H groups in total. The summed E-state index contributed by atoms with van der Waals surface area (Å²) in [4.78, 5) is 12.0. The average Bonchev–Trinajstić information content (AvgIpc) is 2.38. The van der Waals surface area contributed by atoms with Crippen molar-refractivity contribution < 1.29 is 4.79 Å². The standard InChI is InChI=1S/C13H20IN3O/c1-3-12-11(9-10(2)16-17-12)13(18)15-8-6-4-5-7-14/h9H,3-8H2,1-2H3,(H,15,18). The van der Waals surface area contributed by atoms with E-state index in [0.29, 0.717) is 5.56 Å². The quantitative estimate of drug-likeness (QED) is 0.462. The van der Waals surface area contributed by atoms with E-state index in [-0.39, 0.29) is 5.91 Å². The average molecular weight is 361 g/mol. The van der Waals surface area contributed by atoms with Crippen LogP contribution in [0.25, 0.3) is 0 Å². The fraction of sp³-hybridized carbons (Fsp3) is 0.615. The second-order valence-corrected chi connectivity index (χ2v) is 5.28. The highest BCUT2D eigenvalue weighted by Crippen LogP contribution is 2.07. The third-order valence-electron chi connectivity index (χ3n) is 2.67. The number of aromatic nitrogens is 2. The van der Waals surface area contributed by atoms with Crippen molar-refractivity contribution in [3.8, 4) is 0 Å². The molecular weight excluding hydrogens is 341 g/mol. The molecule has 0 aliphatic rings. The molecule has 0 radical (unpaired) electrons. The summed E-state index contributed by atoms with van der Waals surface area (Å²) >= 11 is 2.37. The van der Waals surface area contributed by atoms with Crippen LogP contribution in [0.4, 0.5) is 0 Å². The molecule has 0 saturated carbocycles. The second kappa shape index (κ2) is 8.39. The largest absolute Gasteiger partial charge is 0.352 e. The van der Waals surface area contributed by atoms with Gasteiger partial charge in [0, 0.05) is 6.54 Å². The van der Waals surface area contributed by atoms with Gasteiger partial charge < -0.3 is 5.32 Å². The number of hydrogen-bond acceptors (Lipinski definition) is 3. The van der Waals surface area contributed by atoms with Gasteiger partial charge in [0.1, 0.15) is 0 Å².